The van der Waals surface area contributed by atoms with E-state index >= 15 is 0 Å². The molecule has 25 heavy (non-hydrogen) atoms. The molecule has 0 atom stereocenters. The summed E-state index contributed by atoms with van der Waals surface area (Å²) in [5, 5.41) is 0. The Morgan fingerprint density at radius 1 is 0.720 bits per heavy atom. The van der Waals surface area contributed by atoms with Crippen molar-refractivity contribution in [3.63, 3.8) is 0 Å². The molecule has 2 aliphatic rings. The third-order valence-corrected chi connectivity index (χ3v) is 5.94. The van der Waals surface area contributed by atoms with Gasteiger partial charge < -0.3 is 0 Å². The van der Waals surface area contributed by atoms with Gasteiger partial charge in [-0.25, -0.2) is 0 Å². The standard InChI is InChI=1S/C23H30N2/c1-3-9-21(10-4-1)22-11-7-8-20(18-22)19-24-14-16-25(17-15-24)23-12-5-2-6-13-23/h1,3-4,7-11,18,23H,2,5-6,12-17,19H2. The molecule has 1 saturated carbocycles. The molecule has 1 saturated heterocycles. The molecule has 2 nitrogen and oxygen atoms in total. The van der Waals surface area contributed by atoms with Crippen molar-refractivity contribution in [2.45, 2.75) is 44.7 Å². The first-order chi connectivity index (χ1) is 12.4. The Kier molecular flexibility index (Phi) is 5.49. The Morgan fingerprint density at radius 3 is 2.20 bits per heavy atom. The van der Waals surface area contributed by atoms with E-state index in [4.69, 9.17) is 0 Å². The Morgan fingerprint density at radius 2 is 1.44 bits per heavy atom. The van der Waals surface area contributed by atoms with E-state index in [0.717, 1.165) is 12.6 Å². The molecule has 2 fully saturated rings. The van der Waals surface area contributed by atoms with E-state index in [1.165, 1.54) is 75.0 Å². The number of benzene rings is 2. The highest BCUT2D eigenvalue weighted by molar-refractivity contribution is 5.63. The van der Waals surface area contributed by atoms with Crippen molar-refractivity contribution >= 4 is 0 Å². The zero-order valence-corrected chi connectivity index (χ0v) is 15.2. The highest BCUT2D eigenvalue weighted by Crippen LogP contribution is 2.24. The van der Waals surface area contributed by atoms with Crippen LogP contribution in [0.3, 0.4) is 0 Å². The van der Waals surface area contributed by atoms with E-state index in [-0.39, 0.29) is 0 Å². The van der Waals surface area contributed by atoms with Gasteiger partial charge in [0.2, 0.25) is 0 Å². The average Bonchev–Trinajstić information content (AvgIpc) is 2.70. The highest BCUT2D eigenvalue weighted by Gasteiger charge is 2.24. The summed E-state index contributed by atoms with van der Waals surface area (Å²) < 4.78 is 0. The van der Waals surface area contributed by atoms with Gasteiger partial charge in [0.25, 0.3) is 0 Å². The quantitative estimate of drug-likeness (QED) is 0.792. The summed E-state index contributed by atoms with van der Waals surface area (Å²) in [5.74, 6) is 0. The van der Waals surface area contributed by atoms with E-state index in [1.54, 1.807) is 0 Å². The van der Waals surface area contributed by atoms with E-state index in [9.17, 15) is 0 Å². The van der Waals surface area contributed by atoms with Crippen LogP contribution in [0.15, 0.2) is 54.6 Å². The maximum atomic E-state index is 2.76. The SMILES string of the molecule is c1ccc(-c2cccc(CN3CCN(C4CCCCC4)CC3)c2)cc1. The van der Waals surface area contributed by atoms with Crippen LogP contribution in [0.25, 0.3) is 11.1 Å². The molecule has 4 rings (SSSR count). The fraction of sp³-hybridized carbons (Fsp3) is 0.478. The lowest BCUT2D eigenvalue weighted by Crippen LogP contribution is -2.50. The second-order valence-electron chi connectivity index (χ2n) is 7.67. The molecule has 0 N–H and O–H groups in total. The van der Waals surface area contributed by atoms with Gasteiger partial charge in [0.1, 0.15) is 0 Å². The van der Waals surface area contributed by atoms with Gasteiger partial charge in [0, 0.05) is 38.8 Å². The van der Waals surface area contributed by atoms with Crippen LogP contribution in [0.2, 0.25) is 0 Å². The zero-order valence-electron chi connectivity index (χ0n) is 15.2. The molecule has 0 bridgehead atoms. The minimum Gasteiger partial charge on any atom is -0.298 e. The fourth-order valence-corrected chi connectivity index (χ4v) is 4.47. The first-order valence-corrected chi connectivity index (χ1v) is 9.99. The molecule has 2 aromatic rings. The fourth-order valence-electron chi connectivity index (χ4n) is 4.47. The van der Waals surface area contributed by atoms with Gasteiger partial charge >= 0.3 is 0 Å². The van der Waals surface area contributed by atoms with Gasteiger partial charge in [0.15, 0.2) is 0 Å². The molecule has 0 spiro atoms. The maximum Gasteiger partial charge on any atom is 0.0235 e. The molecule has 1 aliphatic heterocycles. The largest absolute Gasteiger partial charge is 0.298 e. The highest BCUT2D eigenvalue weighted by atomic mass is 15.3. The number of rotatable bonds is 4. The number of hydrogen-bond acceptors (Lipinski definition) is 2. The molecule has 0 unspecified atom stereocenters. The Hall–Kier alpha value is -1.64. The predicted octanol–water partition coefficient (Wildman–Crippen LogP) is 4.80. The molecule has 2 aromatic carbocycles. The molecule has 0 amide bonds. The summed E-state index contributed by atoms with van der Waals surface area (Å²) in [5.41, 5.74) is 4.08. The lowest BCUT2D eigenvalue weighted by molar-refractivity contribution is 0.0755. The number of hydrogen-bond donors (Lipinski definition) is 0. The van der Waals surface area contributed by atoms with Crippen molar-refractivity contribution in [3.05, 3.63) is 60.2 Å². The molecular weight excluding hydrogens is 304 g/mol. The van der Waals surface area contributed by atoms with Gasteiger partial charge in [-0.2, -0.15) is 0 Å². The van der Waals surface area contributed by atoms with Gasteiger partial charge in [-0.15, -0.1) is 0 Å². The predicted molar refractivity (Wildman–Crippen MR) is 106 cm³/mol. The number of piperazine rings is 1. The second-order valence-corrected chi connectivity index (χ2v) is 7.67. The first kappa shape index (κ1) is 16.8. The first-order valence-electron chi connectivity index (χ1n) is 9.99. The number of nitrogens with zero attached hydrogens (tertiary/aromatic N) is 2. The van der Waals surface area contributed by atoms with Crippen molar-refractivity contribution in [2.24, 2.45) is 0 Å². The minimum atomic E-state index is 0.873. The molecule has 1 heterocycles. The van der Waals surface area contributed by atoms with Crippen LogP contribution < -0.4 is 0 Å². The van der Waals surface area contributed by atoms with Crippen molar-refractivity contribution in [3.8, 4) is 11.1 Å². The summed E-state index contributed by atoms with van der Waals surface area (Å²) >= 11 is 0. The summed E-state index contributed by atoms with van der Waals surface area (Å²) in [6.07, 6.45) is 7.20. The van der Waals surface area contributed by atoms with Gasteiger partial charge in [-0.1, -0.05) is 67.8 Å². The summed E-state index contributed by atoms with van der Waals surface area (Å²) in [6.45, 7) is 6.02. The maximum absolute atomic E-state index is 2.76. The average molecular weight is 335 g/mol. The van der Waals surface area contributed by atoms with E-state index < -0.39 is 0 Å². The van der Waals surface area contributed by atoms with Crippen LogP contribution in [-0.2, 0) is 6.54 Å². The second kappa shape index (κ2) is 8.16. The third-order valence-electron chi connectivity index (χ3n) is 5.94. The van der Waals surface area contributed by atoms with Crippen molar-refractivity contribution in [2.75, 3.05) is 26.2 Å². The summed E-state index contributed by atoms with van der Waals surface area (Å²) in [6, 6.07) is 20.7. The van der Waals surface area contributed by atoms with E-state index in [0.29, 0.717) is 0 Å². The van der Waals surface area contributed by atoms with Crippen LogP contribution in [-0.4, -0.2) is 42.0 Å². The van der Waals surface area contributed by atoms with E-state index in [2.05, 4.69) is 64.4 Å². The zero-order chi connectivity index (χ0) is 16.9. The molecular formula is C23H30N2. The van der Waals surface area contributed by atoms with Crippen molar-refractivity contribution in [1.82, 2.24) is 9.80 Å². The molecule has 2 heteroatoms. The van der Waals surface area contributed by atoms with Crippen molar-refractivity contribution in [1.29, 1.82) is 0 Å². The van der Waals surface area contributed by atoms with Gasteiger partial charge in [0.05, 0.1) is 0 Å². The normalized spacial score (nSPS) is 20.6. The lowest BCUT2D eigenvalue weighted by atomic mass is 9.94. The van der Waals surface area contributed by atoms with Crippen LogP contribution in [0.1, 0.15) is 37.7 Å². The topological polar surface area (TPSA) is 6.48 Å². The van der Waals surface area contributed by atoms with Crippen LogP contribution in [0.4, 0.5) is 0 Å². The molecule has 0 radical (unpaired) electrons. The van der Waals surface area contributed by atoms with Crippen molar-refractivity contribution < 1.29 is 0 Å². The Bertz CT molecular complexity index is 653. The third kappa shape index (κ3) is 4.31. The van der Waals surface area contributed by atoms with E-state index in [1.807, 2.05) is 0 Å². The Balaban J connectivity index is 1.34. The monoisotopic (exact) mass is 334 g/mol. The molecule has 132 valence electrons. The van der Waals surface area contributed by atoms with Crippen LogP contribution >= 0.6 is 0 Å². The summed E-state index contributed by atoms with van der Waals surface area (Å²) in [7, 11) is 0. The lowest BCUT2D eigenvalue weighted by Gasteiger charge is -2.40. The smallest absolute Gasteiger partial charge is 0.0235 e. The van der Waals surface area contributed by atoms with Gasteiger partial charge in [-0.3, -0.25) is 9.80 Å². The van der Waals surface area contributed by atoms with Gasteiger partial charge in [-0.05, 0) is 35.6 Å². The Labute approximate surface area is 152 Å². The minimum absolute atomic E-state index is 0.873. The summed E-state index contributed by atoms with van der Waals surface area (Å²) in [4.78, 5) is 5.39. The van der Waals surface area contributed by atoms with Crippen LogP contribution in [0.5, 0.6) is 0 Å². The molecule has 0 aromatic heterocycles. The molecule has 1 aliphatic carbocycles. The van der Waals surface area contributed by atoms with Crippen LogP contribution in [0, 0.1) is 0 Å².